The van der Waals surface area contributed by atoms with Gasteiger partial charge < -0.3 is 65.1 Å². The summed E-state index contributed by atoms with van der Waals surface area (Å²) in [6.45, 7) is 2.78. The normalized spacial score (nSPS) is 26.5. The molecule has 0 spiro atoms. The number of aliphatic hydroxyl groups excluding tert-OH is 8. The highest BCUT2D eigenvalue weighted by Gasteiger charge is 2.51. The van der Waals surface area contributed by atoms with E-state index < -0.39 is 86.8 Å². The molecule has 0 saturated carbocycles. The molecule has 0 radical (unpaired) electrons. The Morgan fingerprint density at radius 1 is 0.515 bits per heavy atom. The number of amides is 1. The van der Waals surface area contributed by atoms with Gasteiger partial charge in [0, 0.05) is 6.42 Å². The summed E-state index contributed by atoms with van der Waals surface area (Å²) < 4.78 is 22.7. The lowest BCUT2D eigenvalue weighted by atomic mass is 9.97. The summed E-state index contributed by atoms with van der Waals surface area (Å²) in [7, 11) is 0. The van der Waals surface area contributed by atoms with Crippen LogP contribution in [0.3, 0.4) is 0 Å². The van der Waals surface area contributed by atoms with Gasteiger partial charge in [-0.25, -0.2) is 0 Å². The van der Waals surface area contributed by atoms with Crippen LogP contribution in [0.5, 0.6) is 0 Å². The quantitative estimate of drug-likeness (QED) is 0.0208. The Bertz CT molecular complexity index is 1240. The van der Waals surface area contributed by atoms with Crippen molar-refractivity contribution in [1.82, 2.24) is 5.32 Å². The van der Waals surface area contributed by atoms with Crippen molar-refractivity contribution in [3.63, 3.8) is 0 Å². The molecule has 0 aromatic carbocycles. The van der Waals surface area contributed by atoms with E-state index >= 15 is 0 Å². The second-order valence-corrected chi connectivity index (χ2v) is 19.7. The Morgan fingerprint density at radius 3 is 1.40 bits per heavy atom. The van der Waals surface area contributed by atoms with Crippen LogP contribution in [0.4, 0.5) is 0 Å². The van der Waals surface area contributed by atoms with Crippen molar-refractivity contribution in [2.75, 3.05) is 19.8 Å². The molecule has 0 bridgehead atoms. The highest BCUT2D eigenvalue weighted by atomic mass is 16.7. The van der Waals surface area contributed by atoms with Crippen molar-refractivity contribution in [1.29, 1.82) is 0 Å². The van der Waals surface area contributed by atoms with Crippen LogP contribution in [0.25, 0.3) is 0 Å². The van der Waals surface area contributed by atoms with Crippen LogP contribution in [-0.4, -0.2) is 140 Å². The first-order valence-corrected chi connectivity index (χ1v) is 27.6. The fourth-order valence-electron chi connectivity index (χ4n) is 9.11. The minimum Gasteiger partial charge on any atom is -0.394 e. The maximum atomic E-state index is 13.2. The molecule has 0 aliphatic carbocycles. The molecular formula is C54H101NO13. The van der Waals surface area contributed by atoms with Gasteiger partial charge in [0.05, 0.1) is 32.0 Å². The number of rotatable bonds is 43. The summed E-state index contributed by atoms with van der Waals surface area (Å²) >= 11 is 0. The van der Waals surface area contributed by atoms with Gasteiger partial charge in [-0.2, -0.15) is 0 Å². The van der Waals surface area contributed by atoms with E-state index in [9.17, 15) is 45.6 Å². The molecule has 14 nitrogen and oxygen atoms in total. The smallest absolute Gasteiger partial charge is 0.220 e. The molecule has 9 N–H and O–H groups in total. The van der Waals surface area contributed by atoms with Gasteiger partial charge in [-0.05, 0) is 44.9 Å². The predicted octanol–water partition coefficient (Wildman–Crippen LogP) is 8.11. The number of unbranched alkanes of at least 4 members (excludes halogenated alkanes) is 28. The first-order valence-electron chi connectivity index (χ1n) is 27.6. The number of nitrogens with one attached hydrogen (secondary N) is 1. The van der Waals surface area contributed by atoms with Crippen LogP contribution in [0.1, 0.15) is 219 Å². The topological polar surface area (TPSA) is 228 Å². The first kappa shape index (κ1) is 62.6. The Morgan fingerprint density at radius 2 is 0.926 bits per heavy atom. The summed E-state index contributed by atoms with van der Waals surface area (Å²) in [6, 6.07) is -0.911. The van der Waals surface area contributed by atoms with Gasteiger partial charge in [0.25, 0.3) is 0 Å². The monoisotopic (exact) mass is 972 g/mol. The van der Waals surface area contributed by atoms with E-state index in [1.165, 1.54) is 154 Å². The second-order valence-electron chi connectivity index (χ2n) is 19.7. The van der Waals surface area contributed by atoms with Gasteiger partial charge in [-0.3, -0.25) is 4.79 Å². The number of carbonyl (C=O) groups excluding carboxylic acids is 1. The van der Waals surface area contributed by atoms with Crippen LogP contribution in [0, 0.1) is 0 Å². The minimum atomic E-state index is -1.79. The average Bonchev–Trinajstić information content (AvgIpc) is 3.34. The molecule has 2 fully saturated rings. The van der Waals surface area contributed by atoms with Gasteiger partial charge in [0.15, 0.2) is 12.6 Å². The number of carbonyl (C=O) groups is 1. The predicted molar refractivity (Wildman–Crippen MR) is 268 cm³/mol. The maximum absolute atomic E-state index is 13.2. The zero-order valence-corrected chi connectivity index (χ0v) is 42.6. The number of aliphatic hydroxyl groups is 8. The zero-order valence-electron chi connectivity index (χ0n) is 42.6. The second kappa shape index (κ2) is 41.0. The van der Waals surface area contributed by atoms with Crippen molar-refractivity contribution in [3.05, 3.63) is 24.3 Å². The molecule has 14 heteroatoms. The van der Waals surface area contributed by atoms with Crippen LogP contribution < -0.4 is 5.32 Å². The molecule has 68 heavy (non-hydrogen) atoms. The van der Waals surface area contributed by atoms with Crippen molar-refractivity contribution in [3.8, 4) is 0 Å². The van der Waals surface area contributed by atoms with Crippen LogP contribution >= 0.6 is 0 Å². The number of hydrogen-bond donors (Lipinski definition) is 9. The Balaban J connectivity index is 1.75. The van der Waals surface area contributed by atoms with E-state index in [1.807, 2.05) is 6.08 Å². The highest BCUT2D eigenvalue weighted by Crippen LogP contribution is 2.30. The van der Waals surface area contributed by atoms with E-state index in [1.54, 1.807) is 6.08 Å². The molecule has 0 aromatic heterocycles. The highest BCUT2D eigenvalue weighted by molar-refractivity contribution is 5.76. The van der Waals surface area contributed by atoms with Gasteiger partial charge in [0.1, 0.15) is 48.8 Å². The van der Waals surface area contributed by atoms with Crippen LogP contribution in [-0.2, 0) is 23.7 Å². The van der Waals surface area contributed by atoms with E-state index in [0.717, 1.165) is 38.5 Å². The first-order chi connectivity index (χ1) is 33.1. The van der Waals surface area contributed by atoms with Gasteiger partial charge in [-0.15, -0.1) is 0 Å². The van der Waals surface area contributed by atoms with Crippen LogP contribution in [0.15, 0.2) is 24.3 Å². The molecule has 2 heterocycles. The molecule has 0 aromatic rings. The summed E-state index contributed by atoms with van der Waals surface area (Å²) in [5.41, 5.74) is 0. The summed E-state index contributed by atoms with van der Waals surface area (Å²) in [5.74, 6) is -0.240. The Labute approximate surface area is 411 Å². The lowest BCUT2D eigenvalue weighted by molar-refractivity contribution is -0.359. The fraction of sp³-hybridized carbons (Fsp3) is 0.907. The van der Waals surface area contributed by atoms with E-state index in [4.69, 9.17) is 18.9 Å². The van der Waals surface area contributed by atoms with Gasteiger partial charge >= 0.3 is 0 Å². The largest absolute Gasteiger partial charge is 0.394 e. The molecule has 2 rings (SSSR count). The van der Waals surface area contributed by atoms with E-state index in [0.29, 0.717) is 6.42 Å². The average molecular weight is 972 g/mol. The molecule has 2 saturated heterocycles. The standard InChI is InChI=1S/C54H101NO13/c1-3-5-7-9-11-13-15-16-17-18-19-20-21-22-23-24-25-26-28-30-32-34-36-38-46(59)55-42(43(58)37-35-33-31-29-27-14-12-10-8-6-4-2)41-65-53-51(64)49(62)52(45(40-57)67-53)68-54-50(63)48(61)47(60)44(39-56)66-54/h18-19,35,37,42-45,47-54,56-58,60-64H,3-17,20-34,36,38-41H2,1-2H3,(H,55,59)/b19-18-,37-35+. The third kappa shape index (κ3) is 27.3. The fourth-order valence-corrected chi connectivity index (χ4v) is 9.11. The number of allylic oxidation sites excluding steroid dienone is 3. The molecule has 1 amide bonds. The zero-order chi connectivity index (χ0) is 49.6. The van der Waals surface area contributed by atoms with Crippen molar-refractivity contribution in [2.45, 2.75) is 293 Å². The molecule has 2 aliphatic heterocycles. The van der Waals surface area contributed by atoms with Crippen molar-refractivity contribution in [2.24, 2.45) is 0 Å². The van der Waals surface area contributed by atoms with Gasteiger partial charge in [-0.1, -0.05) is 192 Å². The minimum absolute atomic E-state index is 0.240. The molecule has 12 atom stereocenters. The molecule has 12 unspecified atom stereocenters. The van der Waals surface area contributed by atoms with Crippen molar-refractivity contribution >= 4 is 5.91 Å². The summed E-state index contributed by atoms with van der Waals surface area (Å²) in [4.78, 5) is 13.2. The number of ether oxygens (including phenoxy) is 4. The molecule has 400 valence electrons. The SMILES string of the molecule is CCCCCCCCCC/C=C\CCCCCCCCCCCCCC(=O)NC(COC1OC(CO)C(OC2OC(CO)C(O)C(O)C2O)C(O)C1O)C(O)/C=C/CCCCCCCCCCC. The van der Waals surface area contributed by atoms with Crippen LogP contribution in [0.2, 0.25) is 0 Å². The third-order valence-electron chi connectivity index (χ3n) is 13.6. The van der Waals surface area contributed by atoms with E-state index in [-0.39, 0.29) is 18.9 Å². The van der Waals surface area contributed by atoms with E-state index in [2.05, 4.69) is 31.3 Å². The molecule has 2 aliphatic rings. The lowest BCUT2D eigenvalue weighted by Crippen LogP contribution is -2.65. The Kier molecular flexibility index (Phi) is 37.7. The summed E-state index contributed by atoms with van der Waals surface area (Å²) in [5, 5.41) is 86.8. The van der Waals surface area contributed by atoms with Crippen molar-refractivity contribution < 1.29 is 64.6 Å². The number of hydrogen-bond acceptors (Lipinski definition) is 13. The lowest BCUT2D eigenvalue weighted by Gasteiger charge is -2.46. The third-order valence-corrected chi connectivity index (χ3v) is 13.6. The Hall–Kier alpha value is -1.53. The maximum Gasteiger partial charge on any atom is 0.220 e. The van der Waals surface area contributed by atoms with Gasteiger partial charge in [0.2, 0.25) is 5.91 Å². The summed E-state index contributed by atoms with van der Waals surface area (Å²) in [6.07, 6.45) is 29.4. The molecular weight excluding hydrogens is 871 g/mol.